The average molecular weight is 276 g/mol. The van der Waals surface area contributed by atoms with Crippen LogP contribution in [0.1, 0.15) is 11.1 Å². The van der Waals surface area contributed by atoms with Crippen LogP contribution in [0.15, 0.2) is 36.4 Å². The van der Waals surface area contributed by atoms with Crippen LogP contribution in [0.3, 0.4) is 0 Å². The maximum atomic E-state index is 9.34. The molecule has 2 aromatic carbocycles. The molecule has 0 aliphatic carbocycles. The van der Waals surface area contributed by atoms with Crippen LogP contribution in [0.5, 0.6) is 23.0 Å². The molecular weight excluding hydrogens is 256 g/mol. The van der Waals surface area contributed by atoms with Crippen molar-refractivity contribution in [3.8, 4) is 23.0 Å². The molecule has 0 aliphatic rings. The molecule has 2 rings (SSSR count). The van der Waals surface area contributed by atoms with E-state index in [1.54, 1.807) is 18.2 Å². The number of ether oxygens (including phenoxy) is 2. The molecule has 4 nitrogen and oxygen atoms in total. The highest BCUT2D eigenvalue weighted by molar-refractivity contribution is 5.49. The zero-order valence-corrected chi connectivity index (χ0v) is 12.2. The first kappa shape index (κ1) is 15.7. The van der Waals surface area contributed by atoms with Gasteiger partial charge in [-0.25, -0.2) is 0 Å². The minimum absolute atomic E-state index is 0.0394. The smallest absolute Gasteiger partial charge is 0.200 e. The minimum Gasteiger partial charge on any atom is -0.507 e. The Kier molecular flexibility index (Phi) is 5.72. The van der Waals surface area contributed by atoms with Crippen molar-refractivity contribution in [1.82, 2.24) is 0 Å². The summed E-state index contributed by atoms with van der Waals surface area (Å²) in [7, 11) is 2.99. The monoisotopic (exact) mass is 276 g/mol. The summed E-state index contributed by atoms with van der Waals surface area (Å²) in [6.07, 6.45) is 0. The molecule has 20 heavy (non-hydrogen) atoms. The van der Waals surface area contributed by atoms with E-state index in [-0.39, 0.29) is 5.75 Å². The SMILES string of the molecule is COc1cccc(OC)c1O.Cc1cccc(C)c1O. The van der Waals surface area contributed by atoms with Crippen LogP contribution in [-0.2, 0) is 0 Å². The molecular formula is C16H20O4. The molecule has 0 radical (unpaired) electrons. The Hall–Kier alpha value is -2.36. The van der Waals surface area contributed by atoms with Gasteiger partial charge in [0.1, 0.15) is 5.75 Å². The second kappa shape index (κ2) is 7.28. The number of hydrogen-bond acceptors (Lipinski definition) is 4. The van der Waals surface area contributed by atoms with Gasteiger partial charge in [-0.3, -0.25) is 0 Å². The normalized spacial score (nSPS) is 9.40. The lowest BCUT2D eigenvalue weighted by Crippen LogP contribution is -1.87. The van der Waals surface area contributed by atoms with Gasteiger partial charge in [0.15, 0.2) is 11.5 Å². The summed E-state index contributed by atoms with van der Waals surface area (Å²) in [4.78, 5) is 0. The number of aromatic hydroxyl groups is 2. The van der Waals surface area contributed by atoms with Crippen molar-refractivity contribution in [3.05, 3.63) is 47.5 Å². The van der Waals surface area contributed by atoms with E-state index < -0.39 is 0 Å². The lowest BCUT2D eigenvalue weighted by Gasteiger charge is -2.06. The highest BCUT2D eigenvalue weighted by atomic mass is 16.5. The van der Waals surface area contributed by atoms with Gasteiger partial charge in [0.05, 0.1) is 14.2 Å². The molecule has 0 aromatic heterocycles. The Morgan fingerprint density at radius 1 is 0.700 bits per heavy atom. The second-order valence-corrected chi connectivity index (χ2v) is 4.25. The van der Waals surface area contributed by atoms with Crippen LogP contribution in [-0.4, -0.2) is 24.4 Å². The van der Waals surface area contributed by atoms with E-state index in [9.17, 15) is 10.2 Å². The third-order valence-corrected chi connectivity index (χ3v) is 2.84. The van der Waals surface area contributed by atoms with Crippen molar-refractivity contribution in [2.75, 3.05) is 14.2 Å². The van der Waals surface area contributed by atoms with E-state index >= 15 is 0 Å². The Bertz CT molecular complexity index is 522. The summed E-state index contributed by atoms with van der Waals surface area (Å²) in [6.45, 7) is 3.78. The quantitative estimate of drug-likeness (QED) is 0.882. The van der Waals surface area contributed by atoms with Gasteiger partial charge >= 0.3 is 0 Å². The summed E-state index contributed by atoms with van der Waals surface area (Å²) in [5.41, 5.74) is 1.88. The molecule has 0 spiro atoms. The Balaban J connectivity index is 0.000000204. The van der Waals surface area contributed by atoms with Gasteiger partial charge in [0.25, 0.3) is 0 Å². The Labute approximate surface area is 119 Å². The average Bonchev–Trinajstić information content (AvgIpc) is 2.45. The van der Waals surface area contributed by atoms with E-state index in [0.29, 0.717) is 17.2 Å². The first-order valence-electron chi connectivity index (χ1n) is 6.16. The Morgan fingerprint density at radius 3 is 1.45 bits per heavy atom. The number of hydrogen-bond donors (Lipinski definition) is 2. The molecule has 0 bridgehead atoms. The number of aryl methyl sites for hydroxylation is 2. The van der Waals surface area contributed by atoms with Crippen LogP contribution in [0.4, 0.5) is 0 Å². The third-order valence-electron chi connectivity index (χ3n) is 2.84. The molecule has 0 aliphatic heterocycles. The molecule has 4 heteroatoms. The summed E-state index contributed by atoms with van der Waals surface area (Å²) >= 11 is 0. The fourth-order valence-corrected chi connectivity index (χ4v) is 1.64. The van der Waals surface area contributed by atoms with Crippen LogP contribution in [0.25, 0.3) is 0 Å². The van der Waals surface area contributed by atoms with Crippen molar-refractivity contribution in [3.63, 3.8) is 0 Å². The topological polar surface area (TPSA) is 58.9 Å². The van der Waals surface area contributed by atoms with Crippen molar-refractivity contribution in [1.29, 1.82) is 0 Å². The number of phenolic OH excluding ortho intramolecular Hbond substituents is 2. The number of phenols is 2. The predicted molar refractivity (Wildman–Crippen MR) is 78.8 cm³/mol. The molecule has 0 saturated carbocycles. The van der Waals surface area contributed by atoms with E-state index in [4.69, 9.17) is 9.47 Å². The minimum atomic E-state index is 0.0394. The number of methoxy groups -OCH3 is 2. The van der Waals surface area contributed by atoms with Gasteiger partial charge in [-0.2, -0.15) is 0 Å². The maximum Gasteiger partial charge on any atom is 0.200 e. The van der Waals surface area contributed by atoms with Crippen LogP contribution < -0.4 is 9.47 Å². The molecule has 0 unspecified atom stereocenters. The zero-order valence-electron chi connectivity index (χ0n) is 12.2. The van der Waals surface area contributed by atoms with Gasteiger partial charge in [-0.15, -0.1) is 0 Å². The van der Waals surface area contributed by atoms with Crippen LogP contribution in [0.2, 0.25) is 0 Å². The molecule has 2 N–H and O–H groups in total. The molecule has 0 saturated heterocycles. The summed E-state index contributed by atoms with van der Waals surface area (Å²) in [6, 6.07) is 10.8. The van der Waals surface area contributed by atoms with E-state index in [0.717, 1.165) is 11.1 Å². The maximum absolute atomic E-state index is 9.34. The van der Waals surface area contributed by atoms with Crippen molar-refractivity contribution >= 4 is 0 Å². The highest BCUT2D eigenvalue weighted by Crippen LogP contribution is 2.34. The largest absolute Gasteiger partial charge is 0.507 e. The fraction of sp³-hybridized carbons (Fsp3) is 0.250. The lowest BCUT2D eigenvalue weighted by atomic mass is 10.1. The summed E-state index contributed by atoms with van der Waals surface area (Å²) < 4.78 is 9.71. The fourth-order valence-electron chi connectivity index (χ4n) is 1.64. The molecule has 2 aromatic rings. The third kappa shape index (κ3) is 3.82. The highest BCUT2D eigenvalue weighted by Gasteiger charge is 2.05. The van der Waals surface area contributed by atoms with Gasteiger partial charge in [0.2, 0.25) is 5.75 Å². The summed E-state index contributed by atoms with van der Waals surface area (Å²) in [5.74, 6) is 1.30. The second-order valence-electron chi connectivity index (χ2n) is 4.25. The van der Waals surface area contributed by atoms with Crippen molar-refractivity contribution < 1.29 is 19.7 Å². The van der Waals surface area contributed by atoms with Crippen molar-refractivity contribution in [2.24, 2.45) is 0 Å². The first-order valence-corrected chi connectivity index (χ1v) is 6.16. The van der Waals surface area contributed by atoms with E-state index in [1.165, 1.54) is 14.2 Å². The Morgan fingerprint density at radius 2 is 1.10 bits per heavy atom. The standard InChI is InChI=1S/C8H10O3.C8H10O/c1-10-6-4-3-5-7(11-2)8(6)9;1-6-4-3-5-7(2)8(6)9/h3-5,9H,1-2H3;3-5,9H,1-2H3. The predicted octanol–water partition coefficient (Wildman–Crippen LogP) is 3.42. The number of rotatable bonds is 2. The van der Waals surface area contributed by atoms with Crippen LogP contribution in [0, 0.1) is 13.8 Å². The van der Waals surface area contributed by atoms with Gasteiger partial charge < -0.3 is 19.7 Å². The van der Waals surface area contributed by atoms with E-state index in [2.05, 4.69) is 0 Å². The molecule has 0 fully saturated rings. The number of para-hydroxylation sites is 2. The first-order chi connectivity index (χ1) is 9.51. The van der Waals surface area contributed by atoms with Gasteiger partial charge in [-0.05, 0) is 37.1 Å². The van der Waals surface area contributed by atoms with Gasteiger partial charge in [-0.1, -0.05) is 24.3 Å². The summed E-state index contributed by atoms with van der Waals surface area (Å²) in [5, 5.41) is 18.5. The van der Waals surface area contributed by atoms with E-state index in [1.807, 2.05) is 32.0 Å². The molecule has 0 atom stereocenters. The molecule has 0 amide bonds. The lowest BCUT2D eigenvalue weighted by molar-refractivity contribution is 0.340. The van der Waals surface area contributed by atoms with Gasteiger partial charge in [0, 0.05) is 0 Å². The molecule has 0 heterocycles. The van der Waals surface area contributed by atoms with Crippen LogP contribution >= 0.6 is 0 Å². The van der Waals surface area contributed by atoms with Crippen molar-refractivity contribution in [2.45, 2.75) is 13.8 Å². The number of benzene rings is 2. The zero-order chi connectivity index (χ0) is 15.1. The molecule has 108 valence electrons.